The first kappa shape index (κ1) is 18.1. The topological polar surface area (TPSA) is 32.3 Å². The average Bonchev–Trinajstić information content (AvgIpc) is 2.92. The van der Waals surface area contributed by atoms with E-state index >= 15 is 0 Å². The molecule has 1 aliphatic heterocycles. The van der Waals surface area contributed by atoms with Gasteiger partial charge in [-0.25, -0.2) is 0 Å². The number of aryl methyl sites for hydroxylation is 1. The highest BCUT2D eigenvalue weighted by Gasteiger charge is 2.36. The lowest BCUT2D eigenvalue weighted by Crippen LogP contribution is -2.32. The molecule has 0 aliphatic carbocycles. The van der Waals surface area contributed by atoms with Gasteiger partial charge in [0, 0.05) is 32.9 Å². The van der Waals surface area contributed by atoms with E-state index < -0.39 is 0 Å². The average molecular weight is 442 g/mol. The summed E-state index contributed by atoms with van der Waals surface area (Å²) in [6.07, 6.45) is -0.250. The number of hydrogen-bond donors (Lipinski definition) is 1. The van der Waals surface area contributed by atoms with Crippen LogP contribution in [0.3, 0.4) is 0 Å². The Kier molecular flexibility index (Phi) is 4.94. The Morgan fingerprint density at radius 3 is 2.59 bits per heavy atom. The fourth-order valence-corrected chi connectivity index (χ4v) is 3.91. The molecule has 136 valence electrons. The molecule has 1 N–H and O–H groups in total. The number of rotatable bonds is 4. The van der Waals surface area contributed by atoms with Gasteiger partial charge in [-0.2, -0.15) is 0 Å². The monoisotopic (exact) mass is 440 g/mol. The van der Waals surface area contributed by atoms with Gasteiger partial charge in [0.25, 0.3) is 5.91 Å². The van der Waals surface area contributed by atoms with Crippen molar-refractivity contribution in [3.05, 3.63) is 98.5 Å². The minimum absolute atomic E-state index is 0.00852. The number of carbonyl (C=O) groups is 1. The summed E-state index contributed by atoms with van der Waals surface area (Å²) >= 11 is 9.92. The highest BCUT2D eigenvalue weighted by molar-refractivity contribution is 9.10. The number of halogens is 2. The molecular formula is C22H18BrClN2O. The highest BCUT2D eigenvalue weighted by Crippen LogP contribution is 2.36. The molecule has 5 heteroatoms. The van der Waals surface area contributed by atoms with Crippen molar-refractivity contribution < 1.29 is 4.79 Å². The van der Waals surface area contributed by atoms with E-state index in [2.05, 4.69) is 21.2 Å². The molecule has 3 nitrogen and oxygen atoms in total. The van der Waals surface area contributed by atoms with Gasteiger partial charge in [-0.1, -0.05) is 70.0 Å². The zero-order valence-corrected chi connectivity index (χ0v) is 17.1. The summed E-state index contributed by atoms with van der Waals surface area (Å²) in [5.74, 6) is 0.00852. The third-order valence-corrected chi connectivity index (χ3v) is 6.06. The van der Waals surface area contributed by atoms with Crippen LogP contribution in [0.15, 0.2) is 71.2 Å². The predicted octanol–water partition coefficient (Wildman–Crippen LogP) is 6.18. The molecule has 0 saturated carbocycles. The molecule has 1 atom stereocenters. The zero-order chi connectivity index (χ0) is 19.0. The van der Waals surface area contributed by atoms with Crippen molar-refractivity contribution in [2.24, 2.45) is 0 Å². The maximum atomic E-state index is 13.1. The number of hydrogen-bond acceptors (Lipinski definition) is 2. The van der Waals surface area contributed by atoms with Crippen LogP contribution in [0.2, 0.25) is 5.02 Å². The van der Waals surface area contributed by atoms with Crippen LogP contribution in [-0.4, -0.2) is 10.8 Å². The van der Waals surface area contributed by atoms with E-state index in [0.29, 0.717) is 11.6 Å². The molecule has 1 amide bonds. The molecule has 0 aromatic heterocycles. The van der Waals surface area contributed by atoms with Gasteiger partial charge in [-0.05, 0) is 42.3 Å². The Labute approximate surface area is 172 Å². The summed E-state index contributed by atoms with van der Waals surface area (Å²) in [7, 11) is 0. The number of amides is 1. The molecule has 3 aromatic rings. The number of anilines is 1. The van der Waals surface area contributed by atoms with Crippen LogP contribution < -0.4 is 5.32 Å². The van der Waals surface area contributed by atoms with Gasteiger partial charge < -0.3 is 10.2 Å². The van der Waals surface area contributed by atoms with Crippen molar-refractivity contribution in [2.75, 3.05) is 5.32 Å². The fraction of sp³-hybridized carbons (Fsp3) is 0.136. The lowest BCUT2D eigenvalue weighted by atomic mass is 10.1. The SMILES string of the molecule is Cc1ccc(N[C@H]2c3ccccc3C(=O)N2Cc2ccccc2Cl)cc1Br. The normalized spacial score (nSPS) is 15.7. The van der Waals surface area contributed by atoms with Crippen molar-refractivity contribution >= 4 is 39.1 Å². The molecule has 0 saturated heterocycles. The van der Waals surface area contributed by atoms with Crippen molar-refractivity contribution in [3.8, 4) is 0 Å². The molecule has 4 rings (SSSR count). The van der Waals surface area contributed by atoms with E-state index in [-0.39, 0.29) is 12.1 Å². The number of nitrogens with zero attached hydrogens (tertiary/aromatic N) is 1. The van der Waals surface area contributed by atoms with Crippen LogP contribution in [0.25, 0.3) is 0 Å². The van der Waals surface area contributed by atoms with E-state index in [1.807, 2.05) is 78.6 Å². The molecule has 0 bridgehead atoms. The third kappa shape index (κ3) is 3.47. The van der Waals surface area contributed by atoms with Crippen molar-refractivity contribution in [1.29, 1.82) is 0 Å². The molecule has 0 unspecified atom stereocenters. The van der Waals surface area contributed by atoms with E-state index in [4.69, 9.17) is 11.6 Å². The van der Waals surface area contributed by atoms with E-state index in [1.165, 1.54) is 0 Å². The minimum Gasteiger partial charge on any atom is -0.361 e. The van der Waals surface area contributed by atoms with E-state index in [0.717, 1.165) is 32.4 Å². The summed E-state index contributed by atoms with van der Waals surface area (Å²) in [6, 6.07) is 21.5. The summed E-state index contributed by atoms with van der Waals surface area (Å²) in [4.78, 5) is 14.9. The summed E-state index contributed by atoms with van der Waals surface area (Å²) < 4.78 is 1.03. The van der Waals surface area contributed by atoms with Crippen molar-refractivity contribution in [3.63, 3.8) is 0 Å². The fourth-order valence-electron chi connectivity index (χ4n) is 3.34. The number of nitrogens with one attached hydrogen (secondary N) is 1. The minimum atomic E-state index is -0.250. The number of fused-ring (bicyclic) bond motifs is 1. The smallest absolute Gasteiger partial charge is 0.256 e. The standard InChI is InChI=1S/C22H18BrClN2O/c1-14-10-11-16(12-19(14)23)25-21-17-7-3-4-8-18(17)22(27)26(21)13-15-6-2-5-9-20(15)24/h2-12,21,25H,13H2,1H3/t21-/m1/s1. The van der Waals surface area contributed by atoms with Gasteiger partial charge in [0.15, 0.2) is 0 Å². The molecular weight excluding hydrogens is 424 g/mol. The van der Waals surface area contributed by atoms with Crippen LogP contribution in [0.4, 0.5) is 5.69 Å². The van der Waals surface area contributed by atoms with Crippen molar-refractivity contribution in [1.82, 2.24) is 4.90 Å². The summed E-state index contributed by atoms with van der Waals surface area (Å²) in [6.45, 7) is 2.49. The predicted molar refractivity (Wildman–Crippen MR) is 113 cm³/mol. The number of benzene rings is 3. The lowest BCUT2D eigenvalue weighted by molar-refractivity contribution is 0.0729. The maximum Gasteiger partial charge on any atom is 0.256 e. The molecule has 1 aliphatic rings. The van der Waals surface area contributed by atoms with Crippen LogP contribution in [0.1, 0.15) is 33.2 Å². The van der Waals surface area contributed by atoms with Gasteiger partial charge in [0.1, 0.15) is 6.17 Å². The van der Waals surface area contributed by atoms with Gasteiger partial charge in [-0.3, -0.25) is 4.79 Å². The Morgan fingerprint density at radius 2 is 1.81 bits per heavy atom. The maximum absolute atomic E-state index is 13.1. The van der Waals surface area contributed by atoms with Crippen LogP contribution in [0.5, 0.6) is 0 Å². The van der Waals surface area contributed by atoms with Gasteiger partial charge >= 0.3 is 0 Å². The molecule has 0 radical (unpaired) electrons. The zero-order valence-electron chi connectivity index (χ0n) is 14.7. The molecule has 0 fully saturated rings. The summed E-state index contributed by atoms with van der Waals surface area (Å²) in [5, 5.41) is 4.18. The van der Waals surface area contributed by atoms with Gasteiger partial charge in [0.2, 0.25) is 0 Å². The molecule has 1 heterocycles. The molecule has 0 spiro atoms. The summed E-state index contributed by atoms with van der Waals surface area (Å²) in [5.41, 5.74) is 4.75. The first-order chi connectivity index (χ1) is 13.0. The second kappa shape index (κ2) is 7.37. The van der Waals surface area contributed by atoms with Gasteiger partial charge in [0.05, 0.1) is 0 Å². The Bertz CT molecular complexity index is 1020. The van der Waals surface area contributed by atoms with E-state index in [1.54, 1.807) is 0 Å². The Balaban J connectivity index is 1.71. The van der Waals surface area contributed by atoms with Gasteiger partial charge in [-0.15, -0.1) is 0 Å². The molecule has 3 aromatic carbocycles. The first-order valence-electron chi connectivity index (χ1n) is 8.70. The second-order valence-corrected chi connectivity index (χ2v) is 7.88. The van der Waals surface area contributed by atoms with Crippen LogP contribution >= 0.6 is 27.5 Å². The Morgan fingerprint density at radius 1 is 1.07 bits per heavy atom. The third-order valence-electron chi connectivity index (χ3n) is 4.83. The van der Waals surface area contributed by atoms with Crippen LogP contribution in [0, 0.1) is 6.92 Å². The molecule has 27 heavy (non-hydrogen) atoms. The lowest BCUT2D eigenvalue weighted by Gasteiger charge is -2.27. The quantitative estimate of drug-likeness (QED) is 0.524. The second-order valence-electron chi connectivity index (χ2n) is 6.62. The Hall–Kier alpha value is -2.30. The van der Waals surface area contributed by atoms with Crippen molar-refractivity contribution in [2.45, 2.75) is 19.6 Å². The van der Waals surface area contributed by atoms with E-state index in [9.17, 15) is 4.79 Å². The highest BCUT2D eigenvalue weighted by atomic mass is 79.9. The van der Waals surface area contributed by atoms with Crippen LogP contribution in [-0.2, 0) is 6.54 Å². The first-order valence-corrected chi connectivity index (χ1v) is 9.87. The number of carbonyl (C=O) groups excluding carboxylic acids is 1. The largest absolute Gasteiger partial charge is 0.361 e.